The third-order valence-corrected chi connectivity index (χ3v) is 6.82. The van der Waals surface area contributed by atoms with Gasteiger partial charge in [0.1, 0.15) is 23.9 Å². The Kier molecular flexibility index (Phi) is 12.9. The second kappa shape index (κ2) is 17.0. The molecule has 0 radical (unpaired) electrons. The molecule has 15 heteroatoms. The van der Waals surface area contributed by atoms with Crippen LogP contribution in [0.4, 0.5) is 0 Å². The molecule has 0 fully saturated rings. The molecule has 3 rings (SSSR count). The lowest BCUT2D eigenvalue weighted by molar-refractivity contribution is -0.142. The van der Waals surface area contributed by atoms with Crippen molar-refractivity contribution in [3.63, 3.8) is 0 Å². The van der Waals surface area contributed by atoms with Crippen LogP contribution in [0.1, 0.15) is 29.7 Å². The normalized spacial score (nSPS) is 13.4. The van der Waals surface area contributed by atoms with Crippen LogP contribution in [-0.4, -0.2) is 80.5 Å². The van der Waals surface area contributed by atoms with Gasteiger partial charge in [0.05, 0.1) is 12.4 Å². The molecular weight excluding hydrogens is 582 g/mol. The zero-order chi connectivity index (χ0) is 32.8. The quantitative estimate of drug-likeness (QED) is 0.0507. The Balaban J connectivity index is 1.81. The number of rotatable bonds is 17. The number of nitrogens with two attached hydrogens (primary N) is 3. The van der Waals surface area contributed by atoms with Crippen molar-refractivity contribution in [2.75, 3.05) is 6.54 Å². The first-order valence-corrected chi connectivity index (χ1v) is 14.3. The number of carboxylic acids is 1. The molecular formula is C30H39N9O6. The SMILES string of the molecule is NC(N)=NCCCC(NC(=O)C(Cc1ccc(O)cc1)NC(=O)C(Cc1ccccc1)NC(=O)C(N)Cc1cnc[nH]1)C(=O)O. The highest BCUT2D eigenvalue weighted by Gasteiger charge is 2.31. The fourth-order valence-electron chi connectivity index (χ4n) is 4.45. The maximum Gasteiger partial charge on any atom is 0.326 e. The van der Waals surface area contributed by atoms with E-state index in [1.54, 1.807) is 42.6 Å². The summed E-state index contributed by atoms with van der Waals surface area (Å²) in [7, 11) is 0. The maximum absolute atomic E-state index is 13.7. The number of carboxylic acid groups (broad SMARTS) is 1. The molecule has 12 N–H and O–H groups in total. The first-order valence-electron chi connectivity index (χ1n) is 14.3. The standard InChI is InChI=1S/C30H39N9O6/c31-22(15-20-16-34-17-36-20)26(41)38-24(13-18-5-2-1-3-6-18)28(43)39-25(14-19-8-10-21(40)11-9-19)27(42)37-23(29(44)45)7-4-12-35-30(32)33/h1-3,5-6,8-11,16-17,22-25,40H,4,7,12-15,31H2,(H,34,36)(H,37,42)(H,38,41)(H,39,43)(H,44,45)(H4,32,33,35). The Morgan fingerprint density at radius 1 is 0.822 bits per heavy atom. The van der Waals surface area contributed by atoms with Crippen LogP contribution in [0.15, 0.2) is 72.1 Å². The van der Waals surface area contributed by atoms with Crippen molar-refractivity contribution in [2.24, 2.45) is 22.2 Å². The van der Waals surface area contributed by atoms with Crippen LogP contribution < -0.4 is 33.2 Å². The number of carbonyl (C=O) groups excluding carboxylic acids is 3. The van der Waals surface area contributed by atoms with E-state index in [-0.39, 0.29) is 50.4 Å². The number of aliphatic carboxylic acids is 1. The fraction of sp³-hybridized carbons (Fsp3) is 0.333. The summed E-state index contributed by atoms with van der Waals surface area (Å²) >= 11 is 0. The first-order chi connectivity index (χ1) is 21.5. The van der Waals surface area contributed by atoms with E-state index in [1.165, 1.54) is 18.5 Å². The molecule has 0 aliphatic carbocycles. The lowest BCUT2D eigenvalue weighted by atomic mass is 10.0. The average molecular weight is 622 g/mol. The number of aliphatic imine (C=N–C) groups is 1. The highest BCUT2D eigenvalue weighted by molar-refractivity contribution is 5.94. The van der Waals surface area contributed by atoms with Gasteiger partial charge in [-0.15, -0.1) is 0 Å². The molecule has 1 aromatic heterocycles. The van der Waals surface area contributed by atoms with Crippen molar-refractivity contribution in [3.05, 3.63) is 83.9 Å². The summed E-state index contributed by atoms with van der Waals surface area (Å²) in [4.78, 5) is 62.8. The Morgan fingerprint density at radius 3 is 1.96 bits per heavy atom. The van der Waals surface area contributed by atoms with Gasteiger partial charge >= 0.3 is 5.97 Å². The molecule has 0 saturated carbocycles. The molecule has 15 nitrogen and oxygen atoms in total. The zero-order valence-corrected chi connectivity index (χ0v) is 24.6. The van der Waals surface area contributed by atoms with Crippen LogP contribution in [-0.2, 0) is 38.4 Å². The van der Waals surface area contributed by atoms with E-state index in [0.29, 0.717) is 11.3 Å². The second-order valence-corrected chi connectivity index (χ2v) is 10.4. The van der Waals surface area contributed by atoms with Gasteiger partial charge in [0.15, 0.2) is 5.96 Å². The van der Waals surface area contributed by atoms with Gasteiger partial charge in [0.2, 0.25) is 17.7 Å². The number of phenolic OH excluding ortho intramolecular Hbond substituents is 1. The number of phenols is 1. The van der Waals surface area contributed by atoms with Gasteiger partial charge in [0.25, 0.3) is 0 Å². The lowest BCUT2D eigenvalue weighted by Crippen LogP contribution is -2.58. The number of guanidine groups is 1. The molecule has 45 heavy (non-hydrogen) atoms. The molecule has 0 spiro atoms. The van der Waals surface area contributed by atoms with Crippen molar-refractivity contribution < 1.29 is 29.4 Å². The lowest BCUT2D eigenvalue weighted by Gasteiger charge is -2.25. The van der Waals surface area contributed by atoms with E-state index in [0.717, 1.165) is 5.56 Å². The van der Waals surface area contributed by atoms with Crippen LogP contribution in [0.25, 0.3) is 0 Å². The number of aromatic nitrogens is 2. The topological polar surface area (TPSA) is 264 Å². The minimum Gasteiger partial charge on any atom is -0.508 e. The molecule has 4 atom stereocenters. The molecule has 240 valence electrons. The number of H-pyrrole nitrogens is 1. The summed E-state index contributed by atoms with van der Waals surface area (Å²) < 4.78 is 0. The Bertz CT molecular complexity index is 1430. The number of benzene rings is 2. The van der Waals surface area contributed by atoms with Crippen molar-refractivity contribution in [1.29, 1.82) is 0 Å². The molecule has 2 aromatic carbocycles. The van der Waals surface area contributed by atoms with Crippen LogP contribution in [0.2, 0.25) is 0 Å². The van der Waals surface area contributed by atoms with Gasteiger partial charge in [-0.25, -0.2) is 9.78 Å². The fourth-order valence-corrected chi connectivity index (χ4v) is 4.45. The minimum atomic E-state index is -1.29. The average Bonchev–Trinajstić information content (AvgIpc) is 3.52. The van der Waals surface area contributed by atoms with E-state index in [2.05, 4.69) is 30.9 Å². The van der Waals surface area contributed by atoms with E-state index < -0.39 is 47.9 Å². The smallest absolute Gasteiger partial charge is 0.326 e. The molecule has 0 saturated heterocycles. The van der Waals surface area contributed by atoms with Gasteiger partial charge in [-0.2, -0.15) is 0 Å². The van der Waals surface area contributed by atoms with Crippen molar-refractivity contribution in [2.45, 2.75) is 56.3 Å². The molecule has 4 unspecified atom stereocenters. The van der Waals surface area contributed by atoms with E-state index in [1.807, 2.05) is 6.07 Å². The highest BCUT2D eigenvalue weighted by Crippen LogP contribution is 2.13. The number of carbonyl (C=O) groups is 4. The second-order valence-electron chi connectivity index (χ2n) is 10.4. The van der Waals surface area contributed by atoms with E-state index in [4.69, 9.17) is 17.2 Å². The predicted octanol–water partition coefficient (Wildman–Crippen LogP) is -0.937. The number of hydrogen-bond donors (Lipinski definition) is 9. The van der Waals surface area contributed by atoms with Crippen molar-refractivity contribution >= 4 is 29.7 Å². The highest BCUT2D eigenvalue weighted by atomic mass is 16.4. The Morgan fingerprint density at radius 2 is 1.40 bits per heavy atom. The summed E-state index contributed by atoms with van der Waals surface area (Å²) in [6, 6.07) is 10.3. The van der Waals surface area contributed by atoms with Gasteiger partial charge in [0, 0.05) is 37.7 Å². The number of nitrogens with zero attached hydrogens (tertiary/aromatic N) is 2. The van der Waals surface area contributed by atoms with Gasteiger partial charge < -0.3 is 48.3 Å². The summed E-state index contributed by atoms with van der Waals surface area (Å²) in [6.45, 7) is 0.166. The van der Waals surface area contributed by atoms with Crippen LogP contribution in [0.5, 0.6) is 5.75 Å². The van der Waals surface area contributed by atoms with E-state index in [9.17, 15) is 29.4 Å². The number of aromatic hydroxyl groups is 1. The number of aromatic amines is 1. The third-order valence-electron chi connectivity index (χ3n) is 6.82. The monoisotopic (exact) mass is 621 g/mol. The van der Waals surface area contributed by atoms with Crippen molar-refractivity contribution in [3.8, 4) is 5.75 Å². The summed E-state index contributed by atoms with van der Waals surface area (Å²) in [5.74, 6) is -3.43. The van der Waals surface area contributed by atoms with Gasteiger partial charge in [-0.05, 0) is 36.1 Å². The predicted molar refractivity (Wildman–Crippen MR) is 166 cm³/mol. The maximum atomic E-state index is 13.7. The third kappa shape index (κ3) is 11.6. The molecule has 0 bridgehead atoms. The number of imidazole rings is 1. The van der Waals surface area contributed by atoms with Crippen LogP contribution >= 0.6 is 0 Å². The molecule has 0 aliphatic heterocycles. The summed E-state index contributed by atoms with van der Waals surface area (Å²) in [5, 5.41) is 27.3. The largest absolute Gasteiger partial charge is 0.508 e. The summed E-state index contributed by atoms with van der Waals surface area (Å²) in [5.41, 5.74) is 18.7. The Labute approximate surface area is 259 Å². The van der Waals surface area contributed by atoms with Gasteiger partial charge in [-0.3, -0.25) is 19.4 Å². The summed E-state index contributed by atoms with van der Waals surface area (Å²) in [6.07, 6.45) is 3.50. The molecule has 0 aliphatic rings. The molecule has 1 heterocycles. The Hall–Kier alpha value is -5.44. The van der Waals surface area contributed by atoms with Crippen molar-refractivity contribution in [1.82, 2.24) is 25.9 Å². The molecule has 3 amide bonds. The minimum absolute atomic E-state index is 0.00705. The zero-order valence-electron chi connectivity index (χ0n) is 24.6. The number of hydrogen-bond acceptors (Lipinski definition) is 8. The molecule has 3 aromatic rings. The van der Waals surface area contributed by atoms with Gasteiger partial charge in [-0.1, -0.05) is 42.5 Å². The number of nitrogens with one attached hydrogen (secondary N) is 4. The first kappa shape index (κ1) is 34.1. The van der Waals surface area contributed by atoms with Crippen LogP contribution in [0.3, 0.4) is 0 Å². The van der Waals surface area contributed by atoms with E-state index >= 15 is 0 Å². The number of amides is 3. The van der Waals surface area contributed by atoms with Crippen LogP contribution in [0, 0.1) is 0 Å².